The van der Waals surface area contributed by atoms with Crippen molar-refractivity contribution in [1.29, 1.82) is 0 Å². The van der Waals surface area contributed by atoms with Crippen LogP contribution in [0.4, 0.5) is 0 Å². The molecule has 1 saturated carbocycles. The molecular formula is C5H10NO2S-. The Morgan fingerprint density at radius 1 is 1.67 bits per heavy atom. The van der Waals surface area contributed by atoms with Gasteiger partial charge in [-0.1, -0.05) is 0 Å². The van der Waals surface area contributed by atoms with Crippen LogP contribution in [0.5, 0.6) is 0 Å². The third-order valence-corrected chi connectivity index (χ3v) is 2.45. The summed E-state index contributed by atoms with van der Waals surface area (Å²) in [6.45, 7) is 1.92. The van der Waals surface area contributed by atoms with E-state index in [2.05, 4.69) is 4.72 Å². The summed E-state index contributed by atoms with van der Waals surface area (Å²) < 4.78 is 22.7. The van der Waals surface area contributed by atoms with Crippen molar-refractivity contribution in [3.8, 4) is 0 Å². The lowest BCUT2D eigenvalue weighted by Crippen LogP contribution is -2.48. The molecule has 0 aromatic carbocycles. The average Bonchev–Trinajstić information content (AvgIpc) is 1.60. The lowest BCUT2D eigenvalue weighted by atomic mass is 9.80. The van der Waals surface area contributed by atoms with Crippen molar-refractivity contribution in [2.45, 2.75) is 31.7 Å². The summed E-state index contributed by atoms with van der Waals surface area (Å²) in [4.78, 5) is 0. The van der Waals surface area contributed by atoms with Crippen LogP contribution < -0.4 is 4.72 Å². The molecule has 1 rings (SSSR count). The second kappa shape index (κ2) is 2.36. The zero-order valence-electron chi connectivity index (χ0n) is 5.35. The first-order valence-corrected chi connectivity index (χ1v) is 4.07. The van der Waals surface area contributed by atoms with E-state index in [9.17, 15) is 8.76 Å². The summed E-state index contributed by atoms with van der Waals surface area (Å²) in [5.74, 6) is 0. The Hall–Kier alpha value is 0.0700. The molecule has 0 amide bonds. The van der Waals surface area contributed by atoms with Gasteiger partial charge in [-0.2, -0.15) is 0 Å². The molecule has 1 fully saturated rings. The second-order valence-electron chi connectivity index (χ2n) is 2.75. The van der Waals surface area contributed by atoms with Gasteiger partial charge in [0.25, 0.3) is 0 Å². The Bertz CT molecular complexity index is 133. The van der Waals surface area contributed by atoms with Gasteiger partial charge in [0.2, 0.25) is 0 Å². The molecule has 0 bridgehead atoms. The maximum absolute atomic E-state index is 10.1. The van der Waals surface area contributed by atoms with Crippen LogP contribution in [0.3, 0.4) is 0 Å². The minimum absolute atomic E-state index is 0.118. The Labute approximate surface area is 57.3 Å². The van der Waals surface area contributed by atoms with Crippen molar-refractivity contribution in [2.24, 2.45) is 0 Å². The minimum atomic E-state index is -2.08. The lowest BCUT2D eigenvalue weighted by molar-refractivity contribution is 0.245. The Balaban J connectivity index is 2.33. The van der Waals surface area contributed by atoms with Gasteiger partial charge in [0.05, 0.1) is 0 Å². The molecule has 0 radical (unpaired) electrons. The van der Waals surface area contributed by atoms with Crippen molar-refractivity contribution < 1.29 is 8.76 Å². The van der Waals surface area contributed by atoms with Gasteiger partial charge in [0.1, 0.15) is 0 Å². The maximum atomic E-state index is 10.1. The summed E-state index contributed by atoms with van der Waals surface area (Å²) in [5, 5.41) is 0. The van der Waals surface area contributed by atoms with Gasteiger partial charge in [-0.05, 0) is 26.2 Å². The molecule has 54 valence electrons. The van der Waals surface area contributed by atoms with Crippen LogP contribution in [0, 0.1) is 0 Å². The van der Waals surface area contributed by atoms with Crippen molar-refractivity contribution in [3.05, 3.63) is 0 Å². The normalized spacial score (nSPS) is 26.9. The van der Waals surface area contributed by atoms with E-state index in [1.54, 1.807) is 0 Å². The second-order valence-corrected chi connectivity index (χ2v) is 3.42. The van der Waals surface area contributed by atoms with Crippen LogP contribution in [-0.4, -0.2) is 14.3 Å². The Morgan fingerprint density at radius 3 is 2.33 bits per heavy atom. The Kier molecular flexibility index (Phi) is 1.88. The average molecular weight is 148 g/mol. The third-order valence-electron chi connectivity index (χ3n) is 1.79. The molecule has 0 aromatic rings. The van der Waals surface area contributed by atoms with Crippen molar-refractivity contribution >= 4 is 11.3 Å². The highest BCUT2D eigenvalue weighted by atomic mass is 32.2. The molecule has 0 spiro atoms. The van der Waals surface area contributed by atoms with Crippen LogP contribution in [0.15, 0.2) is 0 Å². The molecule has 0 saturated heterocycles. The topological polar surface area (TPSA) is 52.2 Å². The summed E-state index contributed by atoms with van der Waals surface area (Å²) in [5.41, 5.74) is -0.118. The minimum Gasteiger partial charge on any atom is -0.760 e. The van der Waals surface area contributed by atoms with E-state index in [0.29, 0.717) is 0 Å². The van der Waals surface area contributed by atoms with Crippen LogP contribution >= 0.6 is 0 Å². The maximum Gasteiger partial charge on any atom is 0.0267 e. The van der Waals surface area contributed by atoms with E-state index in [0.717, 1.165) is 19.3 Å². The standard InChI is InChI=1S/C5H11NO2S/c1-5(3-2-4-5)6-9(7)8/h6H,2-4H2,1H3,(H,7,8)/p-1. The van der Waals surface area contributed by atoms with Gasteiger partial charge in [0, 0.05) is 16.8 Å². The highest BCUT2D eigenvalue weighted by Gasteiger charge is 2.31. The first kappa shape index (κ1) is 7.18. The monoisotopic (exact) mass is 148 g/mol. The van der Waals surface area contributed by atoms with E-state index in [-0.39, 0.29) is 5.54 Å². The fraction of sp³-hybridized carbons (Fsp3) is 1.00. The molecule has 4 heteroatoms. The first-order valence-electron chi connectivity index (χ1n) is 2.99. The van der Waals surface area contributed by atoms with Crippen LogP contribution in [-0.2, 0) is 11.3 Å². The third kappa shape index (κ3) is 1.74. The molecule has 1 N–H and O–H groups in total. The fourth-order valence-corrected chi connectivity index (χ4v) is 1.62. The molecule has 0 aliphatic heterocycles. The molecule has 0 heterocycles. The van der Waals surface area contributed by atoms with Crippen molar-refractivity contribution in [2.75, 3.05) is 0 Å². The van der Waals surface area contributed by atoms with Gasteiger partial charge in [-0.3, -0.25) is 4.21 Å². The van der Waals surface area contributed by atoms with Crippen molar-refractivity contribution in [1.82, 2.24) is 4.72 Å². The largest absolute Gasteiger partial charge is 0.760 e. The summed E-state index contributed by atoms with van der Waals surface area (Å²) in [6.07, 6.45) is 3.09. The van der Waals surface area contributed by atoms with Crippen LogP contribution in [0.1, 0.15) is 26.2 Å². The smallest absolute Gasteiger partial charge is 0.0267 e. The van der Waals surface area contributed by atoms with Crippen LogP contribution in [0.25, 0.3) is 0 Å². The van der Waals surface area contributed by atoms with Crippen LogP contribution in [0.2, 0.25) is 0 Å². The molecule has 0 aromatic heterocycles. The highest BCUT2D eigenvalue weighted by molar-refractivity contribution is 7.77. The van der Waals surface area contributed by atoms with E-state index in [4.69, 9.17) is 0 Å². The van der Waals surface area contributed by atoms with E-state index < -0.39 is 11.3 Å². The van der Waals surface area contributed by atoms with E-state index in [1.807, 2.05) is 6.92 Å². The van der Waals surface area contributed by atoms with E-state index >= 15 is 0 Å². The predicted molar refractivity (Wildman–Crippen MR) is 34.3 cm³/mol. The highest BCUT2D eigenvalue weighted by Crippen LogP contribution is 2.30. The Morgan fingerprint density at radius 2 is 2.22 bits per heavy atom. The van der Waals surface area contributed by atoms with Crippen molar-refractivity contribution in [3.63, 3.8) is 0 Å². The van der Waals surface area contributed by atoms with E-state index in [1.165, 1.54) is 0 Å². The first-order chi connectivity index (χ1) is 4.12. The molecule has 9 heavy (non-hydrogen) atoms. The molecule has 1 aliphatic rings. The summed E-state index contributed by atoms with van der Waals surface area (Å²) in [6, 6.07) is 0. The quantitative estimate of drug-likeness (QED) is 0.573. The van der Waals surface area contributed by atoms with Gasteiger partial charge in [-0.25, -0.2) is 4.72 Å². The number of hydrogen-bond donors (Lipinski definition) is 1. The molecule has 3 nitrogen and oxygen atoms in total. The van der Waals surface area contributed by atoms with Gasteiger partial charge in [-0.15, -0.1) is 0 Å². The summed E-state index contributed by atoms with van der Waals surface area (Å²) in [7, 11) is 0. The lowest BCUT2D eigenvalue weighted by Gasteiger charge is -2.39. The molecular weight excluding hydrogens is 138 g/mol. The molecule has 1 atom stereocenters. The zero-order chi connectivity index (χ0) is 6.91. The molecule has 1 aliphatic carbocycles. The van der Waals surface area contributed by atoms with Gasteiger partial charge < -0.3 is 4.55 Å². The van der Waals surface area contributed by atoms with Gasteiger partial charge >= 0.3 is 0 Å². The summed E-state index contributed by atoms with van der Waals surface area (Å²) >= 11 is -2.08. The molecule has 1 unspecified atom stereocenters. The zero-order valence-corrected chi connectivity index (χ0v) is 6.16. The number of nitrogens with one attached hydrogen (secondary N) is 1. The predicted octanol–water partition coefficient (Wildman–Crippen LogP) is 0.313. The number of rotatable bonds is 2. The SMILES string of the molecule is CC1(NS(=O)[O-])CCC1. The number of hydrogen-bond acceptors (Lipinski definition) is 2. The van der Waals surface area contributed by atoms with Gasteiger partial charge in [0.15, 0.2) is 0 Å². The fourth-order valence-electron chi connectivity index (χ4n) is 1.01.